The van der Waals surface area contributed by atoms with E-state index in [1.165, 1.54) is 13.1 Å². The Kier molecular flexibility index (Phi) is 2.35. The maximum atomic E-state index is 5.06. The summed E-state index contributed by atoms with van der Waals surface area (Å²) in [6.07, 6.45) is 0. The molecule has 0 aromatic rings. The van der Waals surface area contributed by atoms with Gasteiger partial charge in [0.1, 0.15) is 0 Å². The highest BCUT2D eigenvalue weighted by molar-refractivity contribution is 5.09. The third kappa shape index (κ3) is 1.37. The van der Waals surface area contributed by atoms with Crippen molar-refractivity contribution >= 4 is 0 Å². The van der Waals surface area contributed by atoms with E-state index in [-0.39, 0.29) is 0 Å². The normalized spacial score (nSPS) is 38.8. The molecule has 0 aromatic heterocycles. The van der Waals surface area contributed by atoms with Crippen LogP contribution in [0.4, 0.5) is 0 Å². The summed E-state index contributed by atoms with van der Waals surface area (Å²) in [7, 11) is 3.98. The van der Waals surface area contributed by atoms with Gasteiger partial charge in [0.15, 0.2) is 0 Å². The first kappa shape index (κ1) is 8.48. The lowest BCUT2D eigenvalue weighted by molar-refractivity contribution is 0.152. The molecule has 0 radical (unpaired) electrons. The highest BCUT2D eigenvalue weighted by Crippen LogP contribution is 2.44. The van der Waals surface area contributed by atoms with Gasteiger partial charge in [-0.15, -0.1) is 0 Å². The fourth-order valence-electron chi connectivity index (χ4n) is 2.42. The van der Waals surface area contributed by atoms with Crippen LogP contribution in [0.3, 0.4) is 0 Å². The number of methoxy groups -OCH3 is 1. The minimum Gasteiger partial charge on any atom is -0.383 e. The Labute approximate surface area is 74.1 Å². The minimum absolute atomic E-state index is 0.849. The number of fused-ring (bicyclic) bond motifs is 1. The molecule has 2 rings (SSSR count). The summed E-state index contributed by atoms with van der Waals surface area (Å²) in [6.45, 7) is 4.40. The predicted molar refractivity (Wildman–Crippen MR) is 48.1 cm³/mol. The Morgan fingerprint density at radius 3 is 2.67 bits per heavy atom. The SMILES string of the molecule is COCCN(C)C1C2CNCC21. The Bertz CT molecular complexity index is 153. The van der Waals surface area contributed by atoms with E-state index < -0.39 is 0 Å². The Morgan fingerprint density at radius 1 is 1.42 bits per heavy atom. The number of ether oxygens (including phenoxy) is 1. The number of hydrogen-bond acceptors (Lipinski definition) is 3. The molecule has 2 atom stereocenters. The molecule has 1 aliphatic heterocycles. The van der Waals surface area contributed by atoms with Crippen LogP contribution >= 0.6 is 0 Å². The lowest BCUT2D eigenvalue weighted by Crippen LogP contribution is -2.32. The van der Waals surface area contributed by atoms with Gasteiger partial charge < -0.3 is 15.0 Å². The molecule has 3 heteroatoms. The number of likely N-dealkylation sites (N-methyl/N-ethyl adjacent to an activating group) is 1. The van der Waals surface area contributed by atoms with Gasteiger partial charge in [-0.25, -0.2) is 0 Å². The van der Waals surface area contributed by atoms with Crippen LogP contribution in [0.15, 0.2) is 0 Å². The summed E-state index contributed by atoms with van der Waals surface area (Å²) in [5, 5.41) is 3.40. The summed E-state index contributed by atoms with van der Waals surface area (Å²) in [5.74, 6) is 1.87. The first-order chi connectivity index (χ1) is 5.84. The topological polar surface area (TPSA) is 24.5 Å². The van der Waals surface area contributed by atoms with E-state index in [0.717, 1.165) is 31.0 Å². The van der Waals surface area contributed by atoms with Crippen molar-refractivity contribution in [1.82, 2.24) is 10.2 Å². The maximum absolute atomic E-state index is 5.06. The number of piperidine rings is 1. The standard InChI is InChI=1S/C9H18N2O/c1-11(3-4-12-2)9-7-5-10-6-8(7)9/h7-10H,3-6H2,1-2H3. The van der Waals surface area contributed by atoms with Crippen LogP contribution in [0.1, 0.15) is 0 Å². The van der Waals surface area contributed by atoms with Gasteiger partial charge in [0.2, 0.25) is 0 Å². The van der Waals surface area contributed by atoms with E-state index >= 15 is 0 Å². The largest absolute Gasteiger partial charge is 0.383 e. The summed E-state index contributed by atoms with van der Waals surface area (Å²) in [4.78, 5) is 2.44. The van der Waals surface area contributed by atoms with Crippen molar-refractivity contribution in [2.45, 2.75) is 6.04 Å². The van der Waals surface area contributed by atoms with Crippen molar-refractivity contribution in [1.29, 1.82) is 0 Å². The smallest absolute Gasteiger partial charge is 0.0589 e. The molecular weight excluding hydrogens is 152 g/mol. The minimum atomic E-state index is 0.849. The monoisotopic (exact) mass is 170 g/mol. The van der Waals surface area contributed by atoms with Crippen molar-refractivity contribution in [2.75, 3.05) is 40.4 Å². The average Bonchev–Trinajstić information content (AvgIpc) is 2.56. The molecule has 3 nitrogen and oxygen atoms in total. The van der Waals surface area contributed by atoms with Gasteiger partial charge in [0.25, 0.3) is 0 Å². The molecule has 1 heterocycles. The Hall–Kier alpha value is -0.120. The van der Waals surface area contributed by atoms with Gasteiger partial charge in [-0.05, 0) is 32.0 Å². The third-order valence-electron chi connectivity index (χ3n) is 3.20. The Balaban J connectivity index is 1.72. The van der Waals surface area contributed by atoms with Crippen LogP contribution in [-0.4, -0.2) is 51.3 Å². The molecule has 1 N–H and O–H groups in total. The van der Waals surface area contributed by atoms with E-state index in [4.69, 9.17) is 4.74 Å². The molecular formula is C9H18N2O. The molecule has 1 saturated carbocycles. The lowest BCUT2D eigenvalue weighted by Gasteiger charge is -2.18. The zero-order valence-electron chi connectivity index (χ0n) is 7.92. The van der Waals surface area contributed by atoms with Gasteiger partial charge >= 0.3 is 0 Å². The molecule has 0 bridgehead atoms. The molecule has 70 valence electrons. The second kappa shape index (κ2) is 3.32. The van der Waals surface area contributed by atoms with Crippen LogP contribution in [0.25, 0.3) is 0 Å². The molecule has 2 unspecified atom stereocenters. The van der Waals surface area contributed by atoms with Gasteiger partial charge in [0, 0.05) is 19.7 Å². The van der Waals surface area contributed by atoms with Crippen molar-refractivity contribution in [2.24, 2.45) is 11.8 Å². The lowest BCUT2D eigenvalue weighted by atomic mass is 10.4. The number of hydrogen-bond donors (Lipinski definition) is 1. The summed E-state index contributed by atoms with van der Waals surface area (Å²) in [5.41, 5.74) is 0. The molecule has 2 aliphatic rings. The highest BCUT2D eigenvalue weighted by atomic mass is 16.5. The fraction of sp³-hybridized carbons (Fsp3) is 1.00. The molecule has 1 saturated heterocycles. The van der Waals surface area contributed by atoms with Gasteiger partial charge in [-0.2, -0.15) is 0 Å². The van der Waals surface area contributed by atoms with E-state index in [9.17, 15) is 0 Å². The predicted octanol–water partition coefficient (Wildman–Crippen LogP) is -0.218. The molecule has 1 aliphatic carbocycles. The Morgan fingerprint density at radius 2 is 2.08 bits per heavy atom. The van der Waals surface area contributed by atoms with E-state index in [1.807, 2.05) is 0 Å². The first-order valence-electron chi connectivity index (χ1n) is 4.74. The van der Waals surface area contributed by atoms with Gasteiger partial charge in [-0.3, -0.25) is 0 Å². The zero-order valence-corrected chi connectivity index (χ0v) is 7.92. The molecule has 2 fully saturated rings. The number of nitrogens with one attached hydrogen (secondary N) is 1. The first-order valence-corrected chi connectivity index (χ1v) is 4.74. The summed E-state index contributed by atoms with van der Waals surface area (Å²) >= 11 is 0. The van der Waals surface area contributed by atoms with Crippen molar-refractivity contribution in [3.63, 3.8) is 0 Å². The van der Waals surface area contributed by atoms with Crippen molar-refractivity contribution in [3.8, 4) is 0 Å². The molecule has 0 aromatic carbocycles. The van der Waals surface area contributed by atoms with Crippen LogP contribution < -0.4 is 5.32 Å². The van der Waals surface area contributed by atoms with E-state index in [1.54, 1.807) is 7.11 Å². The molecule has 0 spiro atoms. The van der Waals surface area contributed by atoms with Crippen molar-refractivity contribution in [3.05, 3.63) is 0 Å². The van der Waals surface area contributed by atoms with Crippen LogP contribution in [0, 0.1) is 11.8 Å². The zero-order chi connectivity index (χ0) is 8.55. The molecule has 12 heavy (non-hydrogen) atoms. The average molecular weight is 170 g/mol. The van der Waals surface area contributed by atoms with E-state index in [0.29, 0.717) is 0 Å². The van der Waals surface area contributed by atoms with Gasteiger partial charge in [-0.1, -0.05) is 0 Å². The van der Waals surface area contributed by atoms with Crippen LogP contribution in [-0.2, 0) is 4.74 Å². The fourth-order valence-corrected chi connectivity index (χ4v) is 2.42. The summed E-state index contributed by atoms with van der Waals surface area (Å²) in [6, 6.07) is 0.849. The van der Waals surface area contributed by atoms with Crippen LogP contribution in [0.5, 0.6) is 0 Å². The maximum Gasteiger partial charge on any atom is 0.0589 e. The quantitative estimate of drug-likeness (QED) is 0.631. The van der Waals surface area contributed by atoms with Crippen LogP contribution in [0.2, 0.25) is 0 Å². The highest BCUT2D eigenvalue weighted by Gasteiger charge is 2.54. The third-order valence-corrected chi connectivity index (χ3v) is 3.20. The second-order valence-electron chi connectivity index (χ2n) is 3.95. The van der Waals surface area contributed by atoms with Gasteiger partial charge in [0.05, 0.1) is 6.61 Å². The second-order valence-corrected chi connectivity index (χ2v) is 3.95. The van der Waals surface area contributed by atoms with Crippen molar-refractivity contribution < 1.29 is 4.74 Å². The number of nitrogens with zero attached hydrogens (tertiary/aromatic N) is 1. The molecule has 0 amide bonds. The number of rotatable bonds is 4. The summed E-state index contributed by atoms with van der Waals surface area (Å²) < 4.78 is 5.06. The van der Waals surface area contributed by atoms with E-state index in [2.05, 4.69) is 17.3 Å².